The summed E-state index contributed by atoms with van der Waals surface area (Å²) in [5.41, 5.74) is 1.02. The van der Waals surface area contributed by atoms with Crippen LogP contribution in [0.15, 0.2) is 12.3 Å². The first-order chi connectivity index (χ1) is 11.3. The third kappa shape index (κ3) is 3.21. The number of hydrogen-bond acceptors (Lipinski definition) is 6. The van der Waals surface area contributed by atoms with Gasteiger partial charge in [0.25, 0.3) is 0 Å². The van der Waals surface area contributed by atoms with Crippen molar-refractivity contribution < 1.29 is 17.9 Å². The second-order valence-corrected chi connectivity index (χ2v) is 7.93. The van der Waals surface area contributed by atoms with Crippen LogP contribution in [-0.2, 0) is 16.4 Å². The first-order valence-electron chi connectivity index (χ1n) is 7.72. The molecule has 0 spiro atoms. The molecule has 2 aromatic heterocycles. The van der Waals surface area contributed by atoms with Crippen molar-refractivity contribution in [2.45, 2.75) is 31.9 Å². The quantitative estimate of drug-likeness (QED) is 0.813. The maximum absolute atomic E-state index is 13.8. The summed E-state index contributed by atoms with van der Waals surface area (Å²) in [7, 11) is -3.32. The van der Waals surface area contributed by atoms with Gasteiger partial charge >= 0.3 is 0 Å². The number of piperidine rings is 1. The maximum Gasteiger partial charge on any atom is 0.241 e. The number of aromatic nitrogens is 3. The lowest BCUT2D eigenvalue weighted by Crippen LogP contribution is -2.51. The highest BCUT2D eigenvalue weighted by atomic mass is 32.2. The minimum Gasteiger partial charge on any atom is -0.390 e. The Morgan fingerprint density at radius 1 is 1.50 bits per heavy atom. The maximum atomic E-state index is 13.8. The lowest BCUT2D eigenvalue weighted by atomic mass is 10.0. The van der Waals surface area contributed by atoms with Crippen molar-refractivity contribution in [2.24, 2.45) is 0 Å². The predicted octanol–water partition coefficient (Wildman–Crippen LogP) is 0.237. The molecule has 1 fully saturated rings. The molecule has 0 aliphatic carbocycles. The van der Waals surface area contributed by atoms with E-state index in [1.54, 1.807) is 0 Å². The van der Waals surface area contributed by atoms with Gasteiger partial charge in [0.1, 0.15) is 5.52 Å². The van der Waals surface area contributed by atoms with E-state index >= 15 is 0 Å². The second-order valence-electron chi connectivity index (χ2n) is 5.94. The molecule has 132 valence electrons. The molecule has 1 saturated heterocycles. The zero-order chi connectivity index (χ0) is 17.5. The van der Waals surface area contributed by atoms with Crippen molar-refractivity contribution in [1.82, 2.24) is 18.9 Å². The van der Waals surface area contributed by atoms with E-state index in [4.69, 9.17) is 0 Å². The van der Waals surface area contributed by atoms with Crippen LogP contribution in [-0.4, -0.2) is 63.9 Å². The Labute approximate surface area is 139 Å². The van der Waals surface area contributed by atoms with Gasteiger partial charge in [-0.1, -0.05) is 6.92 Å². The van der Waals surface area contributed by atoms with E-state index in [-0.39, 0.29) is 24.4 Å². The molecule has 0 bridgehead atoms. The summed E-state index contributed by atoms with van der Waals surface area (Å²) in [6, 6.07) is 1.05. The van der Waals surface area contributed by atoms with Crippen LogP contribution in [0.5, 0.6) is 0 Å². The van der Waals surface area contributed by atoms with Gasteiger partial charge in [-0.05, 0) is 18.9 Å². The van der Waals surface area contributed by atoms with Crippen molar-refractivity contribution in [3.63, 3.8) is 0 Å². The summed E-state index contributed by atoms with van der Waals surface area (Å²) in [5.74, 6) is -0.107. The van der Waals surface area contributed by atoms with Crippen LogP contribution in [0.25, 0.3) is 5.52 Å². The molecule has 0 radical (unpaired) electrons. The van der Waals surface area contributed by atoms with Crippen molar-refractivity contribution in [1.29, 1.82) is 0 Å². The number of anilines is 1. The molecule has 0 aromatic carbocycles. The Balaban J connectivity index is 1.78. The molecule has 3 rings (SSSR count). The van der Waals surface area contributed by atoms with Crippen molar-refractivity contribution >= 4 is 21.5 Å². The number of hydrogen-bond donors (Lipinski definition) is 2. The summed E-state index contributed by atoms with van der Waals surface area (Å²) in [6.07, 6.45) is 2.69. The zero-order valence-electron chi connectivity index (χ0n) is 13.5. The molecule has 24 heavy (non-hydrogen) atoms. The average Bonchev–Trinajstić information content (AvgIpc) is 2.84. The van der Waals surface area contributed by atoms with E-state index in [0.29, 0.717) is 24.9 Å². The van der Waals surface area contributed by atoms with Gasteiger partial charge in [-0.2, -0.15) is 4.31 Å². The molecule has 0 unspecified atom stereocenters. The van der Waals surface area contributed by atoms with Gasteiger partial charge < -0.3 is 10.4 Å². The smallest absolute Gasteiger partial charge is 0.241 e. The fourth-order valence-corrected chi connectivity index (χ4v) is 3.73. The first kappa shape index (κ1) is 17.1. The Kier molecular flexibility index (Phi) is 4.45. The highest BCUT2D eigenvalue weighted by molar-refractivity contribution is 7.88. The zero-order valence-corrected chi connectivity index (χ0v) is 14.3. The van der Waals surface area contributed by atoms with Crippen molar-refractivity contribution in [3.05, 3.63) is 23.8 Å². The molecule has 10 heteroatoms. The van der Waals surface area contributed by atoms with Crippen molar-refractivity contribution in [3.8, 4) is 0 Å². The molecule has 0 saturated carbocycles. The Morgan fingerprint density at radius 3 is 2.88 bits per heavy atom. The number of β-amino-alcohol motifs (C(OH)–C–C–N with tert-alkyl or cyclic N) is 1. The van der Waals surface area contributed by atoms with Crippen LogP contribution >= 0.6 is 0 Å². The largest absolute Gasteiger partial charge is 0.390 e. The molecule has 8 nitrogen and oxygen atoms in total. The number of fused-ring (bicyclic) bond motifs is 1. The van der Waals surface area contributed by atoms with Crippen LogP contribution in [0.4, 0.5) is 10.3 Å². The van der Waals surface area contributed by atoms with Crippen LogP contribution in [0.1, 0.15) is 19.0 Å². The van der Waals surface area contributed by atoms with Gasteiger partial charge in [-0.25, -0.2) is 22.3 Å². The average molecular weight is 357 g/mol. The molecule has 1 aliphatic rings. The van der Waals surface area contributed by atoms with E-state index in [2.05, 4.69) is 15.4 Å². The van der Waals surface area contributed by atoms with Gasteiger partial charge in [0.05, 0.1) is 24.6 Å². The van der Waals surface area contributed by atoms with E-state index in [1.807, 2.05) is 6.92 Å². The highest BCUT2D eigenvalue weighted by Crippen LogP contribution is 2.19. The molecule has 2 N–H and O–H groups in total. The van der Waals surface area contributed by atoms with Gasteiger partial charge in [0.2, 0.25) is 16.0 Å². The summed E-state index contributed by atoms with van der Waals surface area (Å²) < 4.78 is 39.6. The van der Waals surface area contributed by atoms with Crippen LogP contribution in [0, 0.1) is 5.82 Å². The van der Waals surface area contributed by atoms with E-state index in [1.165, 1.54) is 21.1 Å². The third-order valence-electron chi connectivity index (χ3n) is 4.23. The topological polar surface area (TPSA) is 99.8 Å². The monoisotopic (exact) mass is 357 g/mol. The number of aliphatic hydroxyl groups is 1. The van der Waals surface area contributed by atoms with Gasteiger partial charge in [0.15, 0.2) is 5.82 Å². The molecule has 2 atom stereocenters. The minimum atomic E-state index is -3.32. The lowest BCUT2D eigenvalue weighted by molar-refractivity contribution is 0.0950. The number of nitrogens with one attached hydrogen (secondary N) is 1. The van der Waals surface area contributed by atoms with Gasteiger partial charge in [0, 0.05) is 18.8 Å². The third-order valence-corrected chi connectivity index (χ3v) is 5.50. The molecule has 1 aliphatic heterocycles. The summed E-state index contributed by atoms with van der Waals surface area (Å²) in [5, 5.41) is 17.5. The van der Waals surface area contributed by atoms with E-state index in [9.17, 15) is 17.9 Å². The SMILES string of the molecule is CCc1cc(F)c2cnc(N[C@@H]3CCN(S(C)(=O)=O)C[C@H]3O)nn12. The standard InChI is InChI=1S/C14H20FN5O3S/c1-3-9-6-10(15)12-7-16-14(18-20(9)12)17-11-4-5-19(8-13(11)21)24(2,22)23/h6-7,11,13,21H,3-5,8H2,1-2H3,(H,17,18)/t11-,13-/m1/s1. The number of aliphatic hydroxyl groups excluding tert-OH is 1. The predicted molar refractivity (Wildman–Crippen MR) is 86.8 cm³/mol. The summed E-state index contributed by atoms with van der Waals surface area (Å²) in [4.78, 5) is 4.09. The number of nitrogens with zero attached hydrogens (tertiary/aromatic N) is 4. The number of aryl methyl sites for hydroxylation is 1. The summed E-state index contributed by atoms with van der Waals surface area (Å²) >= 11 is 0. The Morgan fingerprint density at radius 2 is 2.25 bits per heavy atom. The van der Waals surface area contributed by atoms with E-state index < -0.39 is 16.1 Å². The van der Waals surface area contributed by atoms with Crippen LogP contribution < -0.4 is 5.32 Å². The number of rotatable bonds is 4. The minimum absolute atomic E-state index is 0.0249. The molecule has 2 aromatic rings. The fourth-order valence-electron chi connectivity index (χ4n) is 2.87. The number of sulfonamides is 1. The van der Waals surface area contributed by atoms with E-state index in [0.717, 1.165) is 11.9 Å². The molecular weight excluding hydrogens is 337 g/mol. The highest BCUT2D eigenvalue weighted by Gasteiger charge is 2.32. The second kappa shape index (κ2) is 6.26. The van der Waals surface area contributed by atoms with Crippen LogP contribution in [0.3, 0.4) is 0 Å². The number of halogens is 1. The first-order valence-corrected chi connectivity index (χ1v) is 9.57. The lowest BCUT2D eigenvalue weighted by Gasteiger charge is -2.34. The molecular formula is C14H20FN5O3S. The summed E-state index contributed by atoms with van der Waals surface area (Å²) in [6.45, 7) is 2.24. The normalized spacial score (nSPS) is 22.8. The fraction of sp³-hybridized carbons (Fsp3) is 0.571. The Bertz CT molecular complexity index is 853. The Hall–Kier alpha value is -1.78. The van der Waals surface area contributed by atoms with Gasteiger partial charge in [-0.15, -0.1) is 5.10 Å². The molecule has 0 amide bonds. The molecule has 3 heterocycles. The van der Waals surface area contributed by atoms with Gasteiger partial charge in [-0.3, -0.25) is 0 Å². The van der Waals surface area contributed by atoms with Crippen LogP contribution in [0.2, 0.25) is 0 Å². The van der Waals surface area contributed by atoms with Crippen molar-refractivity contribution in [2.75, 3.05) is 24.7 Å².